The molecule has 19 heavy (non-hydrogen) atoms. The van der Waals surface area contributed by atoms with Crippen LogP contribution < -0.4 is 11.1 Å². The number of aryl methyl sites for hydroxylation is 1. The topological polar surface area (TPSA) is 82.2 Å². The zero-order chi connectivity index (χ0) is 13.7. The molecule has 0 radical (unpaired) electrons. The predicted octanol–water partition coefficient (Wildman–Crippen LogP) is 0.284. The zero-order valence-corrected chi connectivity index (χ0v) is 11.3. The second-order valence-corrected chi connectivity index (χ2v) is 5.04. The Morgan fingerprint density at radius 2 is 2.47 bits per heavy atom. The van der Waals surface area contributed by atoms with Crippen LogP contribution in [-0.2, 0) is 16.1 Å². The molecular formula is C13H22N4O2. The number of imidazole rings is 1. The molecule has 1 saturated heterocycles. The van der Waals surface area contributed by atoms with Gasteiger partial charge in [-0.15, -0.1) is 0 Å². The first-order valence-electron chi connectivity index (χ1n) is 6.81. The summed E-state index contributed by atoms with van der Waals surface area (Å²) in [6.07, 6.45) is 7.63. The van der Waals surface area contributed by atoms with Crippen LogP contribution in [0.25, 0.3) is 0 Å². The average molecular weight is 266 g/mol. The van der Waals surface area contributed by atoms with Gasteiger partial charge in [-0.3, -0.25) is 4.79 Å². The van der Waals surface area contributed by atoms with Crippen LogP contribution in [0.2, 0.25) is 0 Å². The molecule has 1 aliphatic heterocycles. The molecule has 3 unspecified atom stereocenters. The van der Waals surface area contributed by atoms with Crippen LogP contribution >= 0.6 is 0 Å². The largest absolute Gasteiger partial charge is 0.364 e. The normalized spacial score (nSPS) is 24.3. The molecule has 0 bridgehead atoms. The van der Waals surface area contributed by atoms with Crippen LogP contribution in [-0.4, -0.2) is 40.3 Å². The third kappa shape index (κ3) is 4.04. The summed E-state index contributed by atoms with van der Waals surface area (Å²) >= 11 is 0. The predicted molar refractivity (Wildman–Crippen MR) is 71.4 cm³/mol. The summed E-state index contributed by atoms with van der Waals surface area (Å²) in [6, 6.07) is -0.0148. The molecule has 2 heterocycles. The van der Waals surface area contributed by atoms with Gasteiger partial charge in [0.1, 0.15) is 6.10 Å². The Kier molecular flexibility index (Phi) is 4.93. The van der Waals surface area contributed by atoms with Crippen molar-refractivity contribution in [2.75, 3.05) is 6.54 Å². The molecule has 106 valence electrons. The molecule has 0 spiro atoms. The smallest absolute Gasteiger partial charge is 0.249 e. The van der Waals surface area contributed by atoms with E-state index in [4.69, 9.17) is 10.5 Å². The molecule has 0 aromatic carbocycles. The van der Waals surface area contributed by atoms with Gasteiger partial charge in [-0.1, -0.05) is 0 Å². The average Bonchev–Trinajstić information content (AvgIpc) is 3.05. The van der Waals surface area contributed by atoms with Crippen molar-refractivity contribution in [2.45, 2.75) is 51.0 Å². The van der Waals surface area contributed by atoms with E-state index in [1.807, 2.05) is 17.7 Å². The quantitative estimate of drug-likeness (QED) is 0.725. The van der Waals surface area contributed by atoms with Gasteiger partial charge in [-0.05, 0) is 26.2 Å². The number of carbonyl (C=O) groups excluding carboxylic acids is 1. The minimum absolute atomic E-state index is 0.0148. The van der Waals surface area contributed by atoms with Crippen molar-refractivity contribution < 1.29 is 9.53 Å². The van der Waals surface area contributed by atoms with Gasteiger partial charge in [0, 0.05) is 31.5 Å². The molecule has 6 nitrogen and oxygen atoms in total. The minimum Gasteiger partial charge on any atom is -0.364 e. The van der Waals surface area contributed by atoms with Gasteiger partial charge in [-0.25, -0.2) is 4.98 Å². The molecule has 0 saturated carbocycles. The fraction of sp³-hybridized carbons (Fsp3) is 0.692. The van der Waals surface area contributed by atoms with Gasteiger partial charge >= 0.3 is 0 Å². The number of hydrogen-bond donors (Lipinski definition) is 2. The van der Waals surface area contributed by atoms with Crippen LogP contribution in [0.5, 0.6) is 0 Å². The first-order valence-corrected chi connectivity index (χ1v) is 6.81. The summed E-state index contributed by atoms with van der Waals surface area (Å²) in [5, 5.41) is 2.91. The first-order chi connectivity index (χ1) is 9.16. The number of nitrogens with zero attached hydrogens (tertiary/aromatic N) is 2. The lowest BCUT2D eigenvalue weighted by atomic mass is 10.1. The van der Waals surface area contributed by atoms with Crippen molar-refractivity contribution >= 4 is 5.91 Å². The van der Waals surface area contributed by atoms with E-state index in [9.17, 15) is 4.79 Å². The number of rotatable bonds is 6. The summed E-state index contributed by atoms with van der Waals surface area (Å²) in [7, 11) is 0. The van der Waals surface area contributed by atoms with E-state index in [1.54, 1.807) is 12.5 Å². The van der Waals surface area contributed by atoms with E-state index in [0.29, 0.717) is 6.54 Å². The maximum absolute atomic E-state index is 11.9. The van der Waals surface area contributed by atoms with Crippen molar-refractivity contribution in [3.8, 4) is 0 Å². The van der Waals surface area contributed by atoms with Gasteiger partial charge in [-0.2, -0.15) is 0 Å². The van der Waals surface area contributed by atoms with Gasteiger partial charge in [0.05, 0.1) is 12.4 Å². The molecule has 1 aromatic heterocycles. The molecule has 6 heteroatoms. The van der Waals surface area contributed by atoms with Crippen molar-refractivity contribution in [1.29, 1.82) is 0 Å². The number of nitrogens with two attached hydrogens (primary N) is 1. The minimum atomic E-state index is -0.329. The molecule has 3 atom stereocenters. The number of amides is 1. The van der Waals surface area contributed by atoms with Crippen molar-refractivity contribution in [3.63, 3.8) is 0 Å². The van der Waals surface area contributed by atoms with Crippen molar-refractivity contribution in [3.05, 3.63) is 18.7 Å². The van der Waals surface area contributed by atoms with Crippen LogP contribution in [0, 0.1) is 0 Å². The third-order valence-corrected chi connectivity index (χ3v) is 3.38. The monoisotopic (exact) mass is 266 g/mol. The van der Waals surface area contributed by atoms with Crippen LogP contribution in [0.15, 0.2) is 18.7 Å². The van der Waals surface area contributed by atoms with E-state index in [1.165, 1.54) is 0 Å². The highest BCUT2D eigenvalue weighted by molar-refractivity contribution is 5.80. The lowest BCUT2D eigenvalue weighted by Crippen LogP contribution is -2.38. The second-order valence-electron chi connectivity index (χ2n) is 5.04. The van der Waals surface area contributed by atoms with E-state index in [2.05, 4.69) is 10.3 Å². The maximum atomic E-state index is 11.9. The lowest BCUT2D eigenvalue weighted by Gasteiger charge is -2.16. The van der Waals surface area contributed by atoms with Gasteiger partial charge in [0.2, 0.25) is 5.91 Å². The standard InChI is InChI=1S/C13H22N4O2/c1-10(14)11-3-4-12(19-11)13(18)16-5-2-7-17-8-6-15-9-17/h6,8-12H,2-5,7,14H2,1H3,(H,16,18). The Bertz CT molecular complexity index is 391. The number of aromatic nitrogens is 2. The Balaban J connectivity index is 1.62. The number of ether oxygens (including phenoxy) is 1. The van der Waals surface area contributed by atoms with E-state index in [-0.39, 0.29) is 24.2 Å². The summed E-state index contributed by atoms with van der Waals surface area (Å²) in [6.45, 7) is 3.42. The van der Waals surface area contributed by atoms with Crippen LogP contribution in [0.3, 0.4) is 0 Å². The highest BCUT2D eigenvalue weighted by atomic mass is 16.5. The molecule has 1 fully saturated rings. The molecule has 0 aliphatic carbocycles. The zero-order valence-electron chi connectivity index (χ0n) is 11.3. The lowest BCUT2D eigenvalue weighted by molar-refractivity contribution is -0.132. The first kappa shape index (κ1) is 14.0. The van der Waals surface area contributed by atoms with E-state index >= 15 is 0 Å². The molecule has 1 aromatic rings. The third-order valence-electron chi connectivity index (χ3n) is 3.38. The number of nitrogens with one attached hydrogen (secondary N) is 1. The molecule has 3 N–H and O–H groups in total. The van der Waals surface area contributed by atoms with Crippen molar-refractivity contribution in [1.82, 2.24) is 14.9 Å². The summed E-state index contributed by atoms with van der Waals surface area (Å²) in [5.41, 5.74) is 5.77. The maximum Gasteiger partial charge on any atom is 0.249 e. The summed E-state index contributed by atoms with van der Waals surface area (Å²) in [4.78, 5) is 15.8. The Hall–Kier alpha value is -1.40. The Morgan fingerprint density at radius 1 is 1.63 bits per heavy atom. The number of carbonyl (C=O) groups is 1. The van der Waals surface area contributed by atoms with E-state index < -0.39 is 0 Å². The highest BCUT2D eigenvalue weighted by Crippen LogP contribution is 2.21. The fourth-order valence-corrected chi connectivity index (χ4v) is 2.25. The summed E-state index contributed by atoms with van der Waals surface area (Å²) < 4.78 is 7.63. The fourth-order valence-electron chi connectivity index (χ4n) is 2.25. The molecular weight excluding hydrogens is 244 g/mol. The van der Waals surface area contributed by atoms with E-state index in [0.717, 1.165) is 25.8 Å². The Labute approximate surface area is 113 Å². The highest BCUT2D eigenvalue weighted by Gasteiger charge is 2.32. The van der Waals surface area contributed by atoms with Gasteiger partial charge in [0.25, 0.3) is 0 Å². The molecule has 2 rings (SSSR count). The van der Waals surface area contributed by atoms with Gasteiger partial charge in [0.15, 0.2) is 0 Å². The van der Waals surface area contributed by atoms with Gasteiger partial charge < -0.3 is 20.4 Å². The van der Waals surface area contributed by atoms with Crippen LogP contribution in [0.4, 0.5) is 0 Å². The SMILES string of the molecule is CC(N)C1CCC(C(=O)NCCCn2ccnc2)O1. The van der Waals surface area contributed by atoms with Crippen molar-refractivity contribution in [2.24, 2.45) is 5.73 Å². The Morgan fingerprint density at radius 3 is 3.11 bits per heavy atom. The number of hydrogen-bond acceptors (Lipinski definition) is 4. The second kappa shape index (κ2) is 6.68. The summed E-state index contributed by atoms with van der Waals surface area (Å²) in [5.74, 6) is -0.0196. The van der Waals surface area contributed by atoms with Crippen LogP contribution in [0.1, 0.15) is 26.2 Å². The molecule has 1 amide bonds. The molecule has 1 aliphatic rings.